The average Bonchev–Trinajstić information content (AvgIpc) is 3.63. The Labute approximate surface area is 190 Å². The third-order valence-electron chi connectivity index (χ3n) is 6.51. The van der Waals surface area contributed by atoms with Gasteiger partial charge in [-0.2, -0.15) is 10.1 Å². The van der Waals surface area contributed by atoms with Gasteiger partial charge < -0.3 is 25.6 Å². The van der Waals surface area contributed by atoms with Gasteiger partial charge in [0.25, 0.3) is 0 Å². The summed E-state index contributed by atoms with van der Waals surface area (Å²) in [6, 6.07) is 8.94. The summed E-state index contributed by atoms with van der Waals surface area (Å²) in [7, 11) is 1.70. The first kappa shape index (κ1) is 20.0. The van der Waals surface area contributed by atoms with Crippen LogP contribution in [0.3, 0.4) is 0 Å². The molecule has 4 aromatic rings. The number of fused-ring (bicyclic) bond motifs is 2. The van der Waals surface area contributed by atoms with Crippen LogP contribution in [-0.4, -0.2) is 38.1 Å². The van der Waals surface area contributed by atoms with Gasteiger partial charge in [0.1, 0.15) is 28.2 Å². The highest BCUT2D eigenvalue weighted by Crippen LogP contribution is 2.62. The quantitative estimate of drug-likeness (QED) is 0.355. The summed E-state index contributed by atoms with van der Waals surface area (Å²) >= 11 is 0. The van der Waals surface area contributed by atoms with Crippen molar-refractivity contribution in [3.8, 4) is 5.75 Å². The van der Waals surface area contributed by atoms with E-state index in [-0.39, 0.29) is 5.95 Å². The number of nitrogen functional groups attached to an aromatic ring is 1. The number of nitrogens with one attached hydrogen (secondary N) is 2. The number of nitrogens with two attached hydrogens (primary N) is 1. The molecule has 1 aromatic carbocycles. The van der Waals surface area contributed by atoms with Crippen LogP contribution >= 0.6 is 0 Å². The molecule has 0 aliphatic heterocycles. The molecular weight excluding hydrogens is 420 g/mol. The maximum absolute atomic E-state index is 5.93. The van der Waals surface area contributed by atoms with Crippen LogP contribution in [0.4, 0.5) is 11.8 Å². The molecule has 0 bridgehead atoms. The van der Waals surface area contributed by atoms with E-state index >= 15 is 0 Å². The van der Waals surface area contributed by atoms with Crippen LogP contribution in [0, 0.1) is 18.8 Å². The SMILES string of the molecule is COc1cc(CNC2C3CC32)ccc1Cn1ncc2nc(N)nc(NCc3cc(C)on3)c21. The predicted molar refractivity (Wildman–Crippen MR) is 123 cm³/mol. The molecule has 2 atom stereocenters. The number of aromatic nitrogens is 5. The molecule has 3 aromatic heterocycles. The summed E-state index contributed by atoms with van der Waals surface area (Å²) in [5.41, 5.74) is 10.4. The standard InChI is InChI=1S/C23H26N8O2/c1-12-5-15(30-33-12)9-26-22-21-18(28-23(24)29-22)10-27-31(21)11-14-4-3-13(6-19(14)32-2)8-25-20-16-7-17(16)20/h3-6,10,16-17,20,25H,7-9,11H2,1-2H3,(H3,24,26,28,29). The van der Waals surface area contributed by atoms with E-state index in [0.29, 0.717) is 24.4 Å². The molecule has 2 aliphatic carbocycles. The summed E-state index contributed by atoms with van der Waals surface area (Å²) in [5, 5.41) is 15.5. The van der Waals surface area contributed by atoms with Gasteiger partial charge in [-0.15, -0.1) is 0 Å². The van der Waals surface area contributed by atoms with Gasteiger partial charge in [-0.05, 0) is 36.8 Å². The van der Waals surface area contributed by atoms with E-state index in [4.69, 9.17) is 15.0 Å². The van der Waals surface area contributed by atoms with Gasteiger partial charge in [0, 0.05) is 24.2 Å². The molecule has 0 amide bonds. The Kier molecular flexibility index (Phi) is 4.68. The molecule has 4 N–H and O–H groups in total. The molecule has 0 spiro atoms. The smallest absolute Gasteiger partial charge is 0.222 e. The van der Waals surface area contributed by atoms with Crippen LogP contribution < -0.4 is 21.1 Å². The summed E-state index contributed by atoms with van der Waals surface area (Å²) in [5.74, 6) is 4.24. The van der Waals surface area contributed by atoms with Gasteiger partial charge in [-0.3, -0.25) is 4.68 Å². The minimum atomic E-state index is 0.184. The molecule has 10 nitrogen and oxygen atoms in total. The minimum absolute atomic E-state index is 0.184. The van der Waals surface area contributed by atoms with Crippen molar-refractivity contribution in [1.82, 2.24) is 30.2 Å². The fourth-order valence-corrected chi connectivity index (χ4v) is 4.44. The minimum Gasteiger partial charge on any atom is -0.496 e. The van der Waals surface area contributed by atoms with Crippen LogP contribution in [0.1, 0.15) is 29.0 Å². The zero-order chi connectivity index (χ0) is 22.5. The van der Waals surface area contributed by atoms with Crippen LogP contribution in [-0.2, 0) is 19.6 Å². The molecular formula is C23H26N8O2. The van der Waals surface area contributed by atoms with Crippen molar-refractivity contribution < 1.29 is 9.26 Å². The van der Waals surface area contributed by atoms with Gasteiger partial charge in [-0.25, -0.2) is 4.98 Å². The Morgan fingerprint density at radius 3 is 2.82 bits per heavy atom. The molecule has 170 valence electrons. The normalized spacial score (nSPS) is 20.6. The Morgan fingerprint density at radius 1 is 1.21 bits per heavy atom. The second kappa shape index (κ2) is 7.73. The lowest BCUT2D eigenvalue weighted by molar-refractivity contribution is 0.391. The highest BCUT2D eigenvalue weighted by atomic mass is 16.5. The number of ether oxygens (including phenoxy) is 1. The van der Waals surface area contributed by atoms with Gasteiger partial charge in [0.2, 0.25) is 5.95 Å². The molecule has 3 heterocycles. The molecule has 0 saturated heterocycles. The molecule has 33 heavy (non-hydrogen) atoms. The second-order valence-corrected chi connectivity index (χ2v) is 8.87. The lowest BCUT2D eigenvalue weighted by Gasteiger charge is -2.14. The number of hydrogen-bond donors (Lipinski definition) is 3. The number of nitrogens with zero attached hydrogens (tertiary/aromatic N) is 5. The molecule has 2 aliphatic rings. The molecule has 10 heteroatoms. The third kappa shape index (κ3) is 3.86. The first-order chi connectivity index (χ1) is 16.1. The zero-order valence-electron chi connectivity index (χ0n) is 18.6. The lowest BCUT2D eigenvalue weighted by Crippen LogP contribution is -2.21. The van der Waals surface area contributed by atoms with Crippen LogP contribution in [0.25, 0.3) is 11.0 Å². The van der Waals surface area contributed by atoms with Gasteiger partial charge >= 0.3 is 0 Å². The van der Waals surface area contributed by atoms with Gasteiger partial charge in [-0.1, -0.05) is 17.3 Å². The van der Waals surface area contributed by atoms with Crippen molar-refractivity contribution in [2.24, 2.45) is 11.8 Å². The van der Waals surface area contributed by atoms with E-state index in [1.807, 2.05) is 17.7 Å². The second-order valence-electron chi connectivity index (χ2n) is 8.87. The summed E-state index contributed by atoms with van der Waals surface area (Å²) in [4.78, 5) is 8.75. The Bertz CT molecular complexity index is 1320. The maximum atomic E-state index is 5.93. The average molecular weight is 447 g/mol. The van der Waals surface area contributed by atoms with E-state index < -0.39 is 0 Å². The van der Waals surface area contributed by atoms with E-state index in [0.717, 1.165) is 52.7 Å². The highest BCUT2D eigenvalue weighted by Gasteiger charge is 2.63. The van der Waals surface area contributed by atoms with Crippen molar-refractivity contribution in [2.75, 3.05) is 18.2 Å². The molecule has 2 fully saturated rings. The topological polar surface area (TPSA) is 129 Å². The van der Waals surface area contributed by atoms with E-state index in [2.05, 4.69) is 49.1 Å². The fraction of sp³-hybridized carbons (Fsp3) is 0.391. The fourth-order valence-electron chi connectivity index (χ4n) is 4.44. The van der Waals surface area contributed by atoms with Crippen LogP contribution in [0.2, 0.25) is 0 Å². The zero-order valence-corrected chi connectivity index (χ0v) is 18.6. The summed E-state index contributed by atoms with van der Waals surface area (Å²) < 4.78 is 12.7. The Hall–Kier alpha value is -3.66. The summed E-state index contributed by atoms with van der Waals surface area (Å²) in [6.45, 7) is 3.68. The van der Waals surface area contributed by atoms with Gasteiger partial charge in [0.15, 0.2) is 5.82 Å². The van der Waals surface area contributed by atoms with E-state index in [1.165, 1.54) is 12.0 Å². The first-order valence-electron chi connectivity index (χ1n) is 11.1. The number of rotatable bonds is 9. The number of anilines is 2. The molecule has 6 rings (SSSR count). The van der Waals surface area contributed by atoms with Crippen molar-refractivity contribution in [1.29, 1.82) is 0 Å². The van der Waals surface area contributed by atoms with Crippen molar-refractivity contribution in [2.45, 2.75) is 39.0 Å². The molecule has 0 radical (unpaired) electrons. The molecule has 2 unspecified atom stereocenters. The summed E-state index contributed by atoms with van der Waals surface area (Å²) in [6.07, 6.45) is 3.10. The van der Waals surface area contributed by atoms with Crippen molar-refractivity contribution >= 4 is 22.8 Å². The number of hydrogen-bond acceptors (Lipinski definition) is 9. The van der Waals surface area contributed by atoms with Crippen LogP contribution in [0.15, 0.2) is 35.0 Å². The predicted octanol–water partition coefficient (Wildman–Crippen LogP) is 2.48. The van der Waals surface area contributed by atoms with E-state index in [9.17, 15) is 0 Å². The monoisotopic (exact) mass is 446 g/mol. The molecule has 2 saturated carbocycles. The number of aryl methyl sites for hydroxylation is 1. The Morgan fingerprint density at radius 2 is 2.09 bits per heavy atom. The largest absolute Gasteiger partial charge is 0.496 e. The van der Waals surface area contributed by atoms with Gasteiger partial charge in [0.05, 0.1) is 26.4 Å². The maximum Gasteiger partial charge on any atom is 0.222 e. The highest BCUT2D eigenvalue weighted by molar-refractivity contribution is 5.86. The van der Waals surface area contributed by atoms with E-state index in [1.54, 1.807) is 13.3 Å². The number of methoxy groups -OCH3 is 1. The van der Waals surface area contributed by atoms with Crippen molar-refractivity contribution in [3.05, 3.63) is 53.0 Å². The third-order valence-corrected chi connectivity index (χ3v) is 6.51. The van der Waals surface area contributed by atoms with Crippen LogP contribution in [0.5, 0.6) is 5.75 Å². The lowest BCUT2D eigenvalue weighted by atomic mass is 10.1. The first-order valence-corrected chi connectivity index (χ1v) is 11.1. The Balaban J connectivity index is 1.24. The van der Waals surface area contributed by atoms with Crippen molar-refractivity contribution in [3.63, 3.8) is 0 Å². The number of benzene rings is 1.